The van der Waals surface area contributed by atoms with Crippen LogP contribution in [0.5, 0.6) is 0 Å². The van der Waals surface area contributed by atoms with Gasteiger partial charge in [-0.25, -0.2) is 4.39 Å². The first kappa shape index (κ1) is 18.8. The van der Waals surface area contributed by atoms with Crippen molar-refractivity contribution < 1.29 is 9.18 Å². The fraction of sp³-hybridized carbons (Fsp3) is 0.0952. The smallest absolute Gasteiger partial charge is 0.165 e. The van der Waals surface area contributed by atoms with Gasteiger partial charge in [-0.15, -0.1) is 0 Å². The van der Waals surface area contributed by atoms with E-state index in [9.17, 15) is 9.18 Å². The fourth-order valence-corrected chi connectivity index (χ4v) is 3.16. The van der Waals surface area contributed by atoms with Crippen molar-refractivity contribution in [1.29, 1.82) is 0 Å². The fourth-order valence-electron chi connectivity index (χ4n) is 2.63. The maximum Gasteiger partial charge on any atom is 0.165 e. The van der Waals surface area contributed by atoms with E-state index in [1.54, 1.807) is 12.1 Å². The van der Waals surface area contributed by atoms with Gasteiger partial charge in [-0.1, -0.05) is 56.1 Å². The minimum absolute atomic E-state index is 0.0417. The van der Waals surface area contributed by atoms with E-state index >= 15 is 0 Å². The molecule has 0 fully saturated rings. The number of halogens is 3. The molecule has 3 aromatic carbocycles. The Morgan fingerprint density at radius 1 is 0.846 bits per heavy atom. The summed E-state index contributed by atoms with van der Waals surface area (Å²) in [7, 11) is 0. The summed E-state index contributed by atoms with van der Waals surface area (Å²) in [5.74, 6) is -0.248. The van der Waals surface area contributed by atoms with E-state index in [-0.39, 0.29) is 17.6 Å². The highest BCUT2D eigenvalue weighted by Crippen LogP contribution is 2.26. The molecule has 0 spiro atoms. The lowest BCUT2D eigenvalue weighted by atomic mass is 9.97. The summed E-state index contributed by atoms with van der Waals surface area (Å²) in [4.78, 5) is 12.7. The van der Waals surface area contributed by atoms with Crippen molar-refractivity contribution in [2.45, 2.75) is 12.5 Å². The van der Waals surface area contributed by atoms with Crippen molar-refractivity contribution in [2.24, 2.45) is 0 Å². The number of hydrogen-bond donors (Lipinski definition) is 1. The topological polar surface area (TPSA) is 29.1 Å². The largest absolute Gasteiger partial charge is 0.378 e. The Hall–Kier alpha value is -1.98. The molecule has 132 valence electrons. The lowest BCUT2D eigenvalue weighted by molar-refractivity contribution is 0.0976. The van der Waals surface area contributed by atoms with E-state index in [1.165, 1.54) is 12.1 Å². The van der Waals surface area contributed by atoms with Crippen molar-refractivity contribution in [3.8, 4) is 0 Å². The maximum absolute atomic E-state index is 13.2. The van der Waals surface area contributed by atoms with Crippen molar-refractivity contribution in [2.75, 3.05) is 5.32 Å². The van der Waals surface area contributed by atoms with Gasteiger partial charge in [0.25, 0.3) is 0 Å². The standard InChI is InChI=1S/C21H16Br2FNO/c22-16-5-1-14(2-6-16)20(25-19-11-9-18(24)10-12-19)13-21(26)15-3-7-17(23)8-4-15/h1-12,20,25H,13H2. The Morgan fingerprint density at radius 3 is 1.96 bits per heavy atom. The van der Waals surface area contributed by atoms with Gasteiger partial charge >= 0.3 is 0 Å². The molecule has 0 aliphatic rings. The highest BCUT2D eigenvalue weighted by molar-refractivity contribution is 9.10. The minimum atomic E-state index is -0.290. The van der Waals surface area contributed by atoms with Gasteiger partial charge in [-0.3, -0.25) is 4.79 Å². The molecule has 1 unspecified atom stereocenters. The summed E-state index contributed by atoms with van der Waals surface area (Å²) < 4.78 is 15.1. The second-order valence-electron chi connectivity index (χ2n) is 5.89. The molecule has 0 saturated carbocycles. The highest BCUT2D eigenvalue weighted by atomic mass is 79.9. The van der Waals surface area contributed by atoms with Crippen molar-refractivity contribution >= 4 is 43.3 Å². The predicted molar refractivity (Wildman–Crippen MR) is 110 cm³/mol. The lowest BCUT2D eigenvalue weighted by Gasteiger charge is -2.20. The van der Waals surface area contributed by atoms with Crippen molar-refractivity contribution in [3.05, 3.63) is 98.7 Å². The molecule has 5 heteroatoms. The zero-order valence-corrected chi connectivity index (χ0v) is 16.9. The zero-order valence-electron chi connectivity index (χ0n) is 13.8. The summed E-state index contributed by atoms with van der Waals surface area (Å²) >= 11 is 6.81. The molecule has 0 aliphatic carbocycles. The second kappa shape index (κ2) is 8.60. The van der Waals surface area contributed by atoms with Gasteiger partial charge in [0.15, 0.2) is 5.78 Å². The van der Waals surface area contributed by atoms with E-state index in [0.717, 1.165) is 20.2 Å². The molecule has 1 atom stereocenters. The van der Waals surface area contributed by atoms with Crippen molar-refractivity contribution in [1.82, 2.24) is 0 Å². The predicted octanol–water partition coefficient (Wildman–Crippen LogP) is 6.78. The van der Waals surface area contributed by atoms with Gasteiger partial charge in [0.1, 0.15) is 5.82 Å². The van der Waals surface area contributed by atoms with Crippen LogP contribution >= 0.6 is 31.9 Å². The van der Waals surface area contributed by atoms with E-state index < -0.39 is 0 Å². The van der Waals surface area contributed by atoms with E-state index in [1.807, 2.05) is 48.5 Å². The number of hydrogen-bond acceptors (Lipinski definition) is 2. The van der Waals surface area contributed by atoms with Crippen molar-refractivity contribution in [3.63, 3.8) is 0 Å². The molecule has 0 aromatic heterocycles. The number of rotatable bonds is 6. The number of carbonyl (C=O) groups excluding carboxylic acids is 1. The van der Waals surface area contributed by atoms with E-state index in [4.69, 9.17) is 0 Å². The molecule has 26 heavy (non-hydrogen) atoms. The third-order valence-corrected chi connectivity index (χ3v) is 5.07. The summed E-state index contributed by atoms with van der Waals surface area (Å²) in [5.41, 5.74) is 2.42. The van der Waals surface area contributed by atoms with Gasteiger partial charge in [0.2, 0.25) is 0 Å². The monoisotopic (exact) mass is 475 g/mol. The van der Waals surface area contributed by atoms with Crippen LogP contribution in [0.15, 0.2) is 81.7 Å². The first-order valence-corrected chi connectivity index (χ1v) is 9.66. The Morgan fingerprint density at radius 2 is 1.38 bits per heavy atom. The lowest BCUT2D eigenvalue weighted by Crippen LogP contribution is -2.16. The molecule has 3 rings (SSSR count). The van der Waals surface area contributed by atoms with Crippen LogP contribution in [-0.4, -0.2) is 5.78 Å². The Labute approximate surface area is 168 Å². The quantitative estimate of drug-likeness (QED) is 0.397. The third kappa shape index (κ3) is 5.02. The molecule has 0 aliphatic heterocycles. The molecular formula is C21H16Br2FNO. The Balaban J connectivity index is 1.84. The van der Waals surface area contributed by atoms with Crippen LogP contribution in [0.3, 0.4) is 0 Å². The SMILES string of the molecule is O=C(CC(Nc1ccc(F)cc1)c1ccc(Br)cc1)c1ccc(Br)cc1. The van der Waals surface area contributed by atoms with Gasteiger partial charge in [-0.2, -0.15) is 0 Å². The van der Waals surface area contributed by atoms with Crippen LogP contribution in [0.2, 0.25) is 0 Å². The minimum Gasteiger partial charge on any atom is -0.378 e. The van der Waals surface area contributed by atoms with Crippen LogP contribution < -0.4 is 5.32 Å². The first-order chi connectivity index (χ1) is 12.5. The summed E-state index contributed by atoms with van der Waals surface area (Å²) in [6.45, 7) is 0. The molecule has 0 saturated heterocycles. The van der Waals surface area contributed by atoms with E-state index in [0.29, 0.717) is 12.0 Å². The van der Waals surface area contributed by atoms with Gasteiger partial charge in [0.05, 0.1) is 6.04 Å². The molecule has 1 N–H and O–H groups in total. The van der Waals surface area contributed by atoms with Crippen LogP contribution in [-0.2, 0) is 0 Å². The van der Waals surface area contributed by atoms with Crippen LogP contribution in [0.4, 0.5) is 10.1 Å². The van der Waals surface area contributed by atoms with Crippen LogP contribution in [0, 0.1) is 5.82 Å². The van der Waals surface area contributed by atoms with E-state index in [2.05, 4.69) is 37.2 Å². The number of Topliss-reactive ketones (excluding diaryl/α,β-unsaturated/α-hetero) is 1. The molecular weight excluding hydrogens is 461 g/mol. The first-order valence-electron chi connectivity index (χ1n) is 8.07. The Kier molecular flexibility index (Phi) is 6.22. The number of carbonyl (C=O) groups is 1. The van der Waals surface area contributed by atoms with Crippen LogP contribution in [0.25, 0.3) is 0 Å². The summed E-state index contributed by atoms with van der Waals surface area (Å²) in [6.07, 6.45) is 0.292. The number of nitrogens with one attached hydrogen (secondary N) is 1. The molecule has 0 heterocycles. The normalized spacial score (nSPS) is 11.8. The van der Waals surface area contributed by atoms with Gasteiger partial charge < -0.3 is 5.32 Å². The molecule has 2 nitrogen and oxygen atoms in total. The number of benzene rings is 3. The Bertz CT molecular complexity index is 877. The highest BCUT2D eigenvalue weighted by Gasteiger charge is 2.17. The summed E-state index contributed by atoms with van der Waals surface area (Å²) in [6, 6.07) is 21.1. The maximum atomic E-state index is 13.2. The van der Waals surface area contributed by atoms with Gasteiger partial charge in [-0.05, 0) is 54.1 Å². The van der Waals surface area contributed by atoms with Gasteiger partial charge in [0, 0.05) is 26.6 Å². The third-order valence-electron chi connectivity index (χ3n) is 4.01. The van der Waals surface area contributed by atoms with Crippen LogP contribution in [0.1, 0.15) is 28.4 Å². The number of ketones is 1. The molecule has 0 bridgehead atoms. The number of anilines is 1. The molecule has 3 aromatic rings. The summed E-state index contributed by atoms with van der Waals surface area (Å²) in [5, 5.41) is 3.34. The second-order valence-corrected chi connectivity index (χ2v) is 7.72. The zero-order chi connectivity index (χ0) is 18.5. The molecule has 0 radical (unpaired) electrons. The average Bonchev–Trinajstić information content (AvgIpc) is 2.64. The average molecular weight is 477 g/mol. The molecule has 0 amide bonds.